The molecule has 0 atom stereocenters. The Balaban J connectivity index is 0.000000853. The Morgan fingerprint density at radius 2 is 1.00 bits per heavy atom. The maximum atomic E-state index is 2.26. The zero-order valence-corrected chi connectivity index (χ0v) is 11.3. The predicted octanol–water partition coefficient (Wildman–Crippen LogP) is -5.68. The third kappa shape index (κ3) is 2.37. The molecule has 0 aromatic heterocycles. The van der Waals surface area contributed by atoms with E-state index in [9.17, 15) is 0 Å². The molecule has 0 aliphatic heterocycles. The van der Waals surface area contributed by atoms with Crippen molar-refractivity contribution in [1.82, 2.24) is 0 Å². The third-order valence-electron chi connectivity index (χ3n) is 2.83. The average molecular weight is 313 g/mol. The number of fused-ring (bicyclic) bond motifs is 3. The normalized spacial score (nSPS) is 11.4. The van der Waals surface area contributed by atoms with Crippen LogP contribution in [0.25, 0.3) is 11.1 Å². The van der Waals surface area contributed by atoms with Crippen molar-refractivity contribution in [2.45, 2.75) is 3.63 Å². The molecular weight excluding hydrogens is 304 g/mol. The molecule has 0 bridgehead atoms. The van der Waals surface area contributed by atoms with Crippen LogP contribution >= 0.6 is 0 Å². The summed E-state index contributed by atoms with van der Waals surface area (Å²) in [6, 6.07) is 17.5. The quantitative estimate of drug-likeness (QED) is 0.455. The molecule has 0 heterocycles. The molecule has 1 aliphatic rings. The van der Waals surface area contributed by atoms with Gasteiger partial charge in [-0.1, -0.05) is 0 Å². The van der Waals surface area contributed by atoms with Gasteiger partial charge >= 0.3 is 99.1 Å². The van der Waals surface area contributed by atoms with Crippen LogP contribution in [0.15, 0.2) is 48.5 Å². The molecule has 4 heteroatoms. The van der Waals surface area contributed by atoms with Crippen molar-refractivity contribution in [1.29, 1.82) is 0 Å². The third-order valence-corrected chi connectivity index (χ3v) is 4.36. The van der Waals surface area contributed by atoms with Crippen LogP contribution in [0.2, 0.25) is 0 Å². The predicted molar refractivity (Wildman–Crippen MR) is 53.7 cm³/mol. The fourth-order valence-corrected chi connectivity index (χ4v) is 3.39. The van der Waals surface area contributed by atoms with Crippen molar-refractivity contribution in [2.24, 2.45) is 0 Å². The van der Waals surface area contributed by atoms with Crippen molar-refractivity contribution in [3.63, 3.8) is 0 Å². The fraction of sp³-hybridized carbons (Fsp3) is 0.0769. The van der Waals surface area contributed by atoms with Gasteiger partial charge in [0.05, 0.1) is 0 Å². The Morgan fingerprint density at radius 1 is 0.647 bits per heavy atom. The first kappa shape index (κ1) is 16.1. The Labute approximate surface area is 113 Å². The second-order valence-electron chi connectivity index (χ2n) is 3.61. The van der Waals surface area contributed by atoms with Crippen LogP contribution in [0.4, 0.5) is 0 Å². The first-order valence-corrected chi connectivity index (χ1v) is 6.19. The summed E-state index contributed by atoms with van der Waals surface area (Å²) in [6.45, 7) is 0. The maximum absolute atomic E-state index is 2.26. The van der Waals surface area contributed by atoms with Gasteiger partial charge in [0.2, 0.25) is 0 Å². The van der Waals surface area contributed by atoms with E-state index >= 15 is 0 Å². The van der Waals surface area contributed by atoms with Crippen molar-refractivity contribution in [3.8, 4) is 11.1 Å². The second kappa shape index (κ2) is 6.16. The van der Waals surface area contributed by atoms with Crippen molar-refractivity contribution in [3.05, 3.63) is 59.7 Å². The standard InChI is InChI=1S/C13H9.3FH.Zr/c1-3-7-12-10(5-1)9-11-6-2-4-8-13(11)12;;;;/h1-9H;3*1H;/q;;;;+3/p-3. The molecule has 1 aliphatic carbocycles. The van der Waals surface area contributed by atoms with E-state index in [4.69, 9.17) is 0 Å². The Hall–Kier alpha value is -0.887. The van der Waals surface area contributed by atoms with E-state index in [1.807, 2.05) is 0 Å². The minimum absolute atomic E-state index is 0. The number of rotatable bonds is 0. The summed E-state index contributed by atoms with van der Waals surface area (Å²) in [4.78, 5) is 0. The van der Waals surface area contributed by atoms with Gasteiger partial charge in [-0.3, -0.25) is 0 Å². The van der Waals surface area contributed by atoms with Crippen LogP contribution in [-0.2, 0) is 24.7 Å². The topological polar surface area (TPSA) is 0 Å². The Kier molecular flexibility index (Phi) is 5.83. The second-order valence-corrected chi connectivity index (χ2v) is 5.03. The van der Waals surface area contributed by atoms with Crippen LogP contribution in [0.3, 0.4) is 0 Å². The summed E-state index contributed by atoms with van der Waals surface area (Å²) in [7, 11) is 0. The Morgan fingerprint density at radius 3 is 1.41 bits per heavy atom. The minimum atomic E-state index is 0. The van der Waals surface area contributed by atoms with Crippen molar-refractivity contribution >= 4 is 0 Å². The van der Waals surface area contributed by atoms with E-state index in [0.29, 0.717) is 3.63 Å². The number of benzene rings is 2. The summed E-state index contributed by atoms with van der Waals surface area (Å²) in [6.07, 6.45) is 0. The van der Waals surface area contributed by atoms with Gasteiger partial charge in [0.25, 0.3) is 0 Å². The van der Waals surface area contributed by atoms with Gasteiger partial charge in [0.1, 0.15) is 0 Å². The molecule has 0 amide bonds. The molecule has 0 saturated carbocycles. The van der Waals surface area contributed by atoms with Crippen LogP contribution in [0.1, 0.15) is 14.8 Å². The molecule has 0 nitrogen and oxygen atoms in total. The molecule has 0 saturated heterocycles. The first-order chi connectivity index (χ1) is 6.88. The van der Waals surface area contributed by atoms with Crippen LogP contribution in [0.5, 0.6) is 0 Å². The van der Waals surface area contributed by atoms with Gasteiger partial charge in [-0.2, -0.15) is 0 Å². The summed E-state index contributed by atoms with van der Waals surface area (Å²) in [5.41, 5.74) is 5.88. The molecular formula is C13H9F3Zr. The van der Waals surface area contributed by atoms with Crippen molar-refractivity contribution < 1.29 is 38.8 Å². The van der Waals surface area contributed by atoms with Crippen LogP contribution < -0.4 is 14.1 Å². The van der Waals surface area contributed by atoms with Gasteiger partial charge in [-0.05, 0) is 0 Å². The first-order valence-electron chi connectivity index (χ1n) is 4.77. The van der Waals surface area contributed by atoms with E-state index in [1.165, 1.54) is 22.3 Å². The summed E-state index contributed by atoms with van der Waals surface area (Å²) in [5.74, 6) is 0. The molecule has 0 fully saturated rings. The number of hydrogen-bond acceptors (Lipinski definition) is 0. The molecule has 2 aromatic carbocycles. The molecule has 17 heavy (non-hydrogen) atoms. The molecule has 3 rings (SSSR count). The zero-order chi connectivity index (χ0) is 9.54. The molecule has 0 unspecified atom stereocenters. The molecule has 86 valence electrons. The van der Waals surface area contributed by atoms with Gasteiger partial charge in [-0.25, -0.2) is 0 Å². The average Bonchev–Trinajstić information content (AvgIpc) is 2.55. The zero-order valence-electron chi connectivity index (χ0n) is 8.83. The molecule has 0 radical (unpaired) electrons. The van der Waals surface area contributed by atoms with E-state index in [1.54, 1.807) is 24.7 Å². The molecule has 0 N–H and O–H groups in total. The van der Waals surface area contributed by atoms with E-state index in [-0.39, 0.29) is 14.1 Å². The SMILES string of the molecule is [F-].[F-].[F-].[Zr+3][CH]1c2ccccc2-c2ccccc21. The van der Waals surface area contributed by atoms with E-state index < -0.39 is 0 Å². The van der Waals surface area contributed by atoms with Gasteiger partial charge < -0.3 is 14.1 Å². The summed E-state index contributed by atoms with van der Waals surface area (Å²) < 4.78 is 0.648. The van der Waals surface area contributed by atoms with Crippen LogP contribution in [0, 0.1) is 0 Å². The fourth-order valence-electron chi connectivity index (χ4n) is 2.16. The molecule has 0 spiro atoms. The van der Waals surface area contributed by atoms with Gasteiger partial charge in [0, 0.05) is 0 Å². The van der Waals surface area contributed by atoms with E-state index in [2.05, 4.69) is 48.5 Å². The number of halogens is 3. The molecule has 2 aromatic rings. The van der Waals surface area contributed by atoms with Gasteiger partial charge in [0.15, 0.2) is 0 Å². The van der Waals surface area contributed by atoms with E-state index in [0.717, 1.165) is 0 Å². The Bertz CT molecular complexity index is 454. The van der Waals surface area contributed by atoms with Crippen LogP contribution in [-0.4, -0.2) is 0 Å². The monoisotopic (exact) mass is 312 g/mol. The summed E-state index contributed by atoms with van der Waals surface area (Å²) in [5, 5.41) is 0. The van der Waals surface area contributed by atoms with Crippen molar-refractivity contribution in [2.75, 3.05) is 0 Å². The summed E-state index contributed by atoms with van der Waals surface area (Å²) >= 11 is 1.58. The number of hydrogen-bond donors (Lipinski definition) is 0. The van der Waals surface area contributed by atoms with Gasteiger partial charge in [-0.15, -0.1) is 0 Å².